The Morgan fingerprint density at radius 2 is 0.917 bits per heavy atom. The first-order valence-corrected chi connectivity index (χ1v) is 20.4. The minimum Gasteiger partial charge on any atom is -0.309 e. The first-order chi connectivity index (χ1) is 29.2. The largest absolute Gasteiger partial charge is 0.309 e. The van der Waals surface area contributed by atoms with E-state index in [1.165, 1.54) is 44.8 Å². The molecule has 0 bridgehead atoms. The molecule has 6 heteroatoms. The van der Waals surface area contributed by atoms with Crippen molar-refractivity contribution < 1.29 is 0 Å². The lowest BCUT2D eigenvalue weighted by atomic mass is 9.98. The second kappa shape index (κ2) is 16.1. The molecule has 7 aromatic carbocycles. The van der Waals surface area contributed by atoms with Crippen LogP contribution in [0.1, 0.15) is 33.4 Å². The summed E-state index contributed by atoms with van der Waals surface area (Å²) in [6, 6.07) is 57.1. The van der Waals surface area contributed by atoms with Crippen LogP contribution >= 0.6 is 0 Å². The van der Waals surface area contributed by atoms with E-state index in [0.717, 1.165) is 44.4 Å². The molecule has 0 aliphatic heterocycles. The fraction of sp³-hybridized carbons (Fsp3) is 0.111. The van der Waals surface area contributed by atoms with Crippen LogP contribution in [-0.2, 0) is 0 Å². The van der Waals surface area contributed by atoms with Gasteiger partial charge in [-0.25, -0.2) is 9.97 Å². The lowest BCUT2D eigenvalue weighted by Crippen LogP contribution is -2.18. The van der Waals surface area contributed by atoms with Crippen LogP contribution in [-0.4, -0.2) is 19.9 Å². The number of pyridine rings is 1. The van der Waals surface area contributed by atoms with E-state index in [2.05, 4.69) is 168 Å². The van der Waals surface area contributed by atoms with Gasteiger partial charge in [-0.3, -0.25) is 4.90 Å². The third-order valence-electron chi connectivity index (χ3n) is 11.1. The normalized spacial score (nSPS) is 11.2. The van der Waals surface area contributed by atoms with Gasteiger partial charge in [0.25, 0.3) is 0 Å². The number of aryl methyl sites for hydroxylation is 6. The lowest BCUT2D eigenvalue weighted by Gasteiger charge is -2.32. The second-order valence-corrected chi connectivity index (χ2v) is 15.6. The summed E-state index contributed by atoms with van der Waals surface area (Å²) in [7, 11) is 0. The molecule has 292 valence electrons. The van der Waals surface area contributed by atoms with E-state index >= 15 is 0 Å². The molecule has 6 nitrogen and oxygen atoms in total. The maximum atomic E-state index is 5.30. The van der Waals surface area contributed by atoms with Gasteiger partial charge in [-0.2, -0.15) is 9.97 Å². The van der Waals surface area contributed by atoms with Crippen LogP contribution in [0.4, 0.5) is 34.5 Å². The molecule has 0 amide bonds. The van der Waals surface area contributed by atoms with Crippen LogP contribution in [0.2, 0.25) is 0 Å². The molecule has 0 spiro atoms. The zero-order valence-corrected chi connectivity index (χ0v) is 34.8. The van der Waals surface area contributed by atoms with Gasteiger partial charge in [-0.15, -0.1) is 0 Å². The van der Waals surface area contributed by atoms with Gasteiger partial charge >= 0.3 is 0 Å². The number of hydrogen-bond acceptors (Lipinski definition) is 6. The van der Waals surface area contributed by atoms with Crippen molar-refractivity contribution in [1.29, 1.82) is 0 Å². The summed E-state index contributed by atoms with van der Waals surface area (Å²) in [6.07, 6.45) is 1.86. The number of benzene rings is 7. The highest BCUT2D eigenvalue weighted by Crippen LogP contribution is 2.44. The van der Waals surface area contributed by atoms with Crippen molar-refractivity contribution in [2.45, 2.75) is 41.5 Å². The van der Waals surface area contributed by atoms with E-state index in [-0.39, 0.29) is 0 Å². The molecule has 0 N–H and O–H groups in total. The highest BCUT2D eigenvalue weighted by atomic mass is 15.3. The summed E-state index contributed by atoms with van der Waals surface area (Å²) in [5.41, 5.74) is 15.6. The van der Waals surface area contributed by atoms with Crippen molar-refractivity contribution in [3.63, 3.8) is 0 Å². The third kappa shape index (κ3) is 7.40. The zero-order chi connectivity index (χ0) is 41.3. The molecule has 0 aliphatic rings. The van der Waals surface area contributed by atoms with Crippen molar-refractivity contribution >= 4 is 45.3 Å². The minimum atomic E-state index is 0.463. The Hall–Kier alpha value is -7.44. The minimum absolute atomic E-state index is 0.463. The van der Waals surface area contributed by atoms with E-state index in [9.17, 15) is 0 Å². The van der Waals surface area contributed by atoms with Crippen molar-refractivity contribution in [1.82, 2.24) is 19.9 Å². The lowest BCUT2D eigenvalue weighted by molar-refractivity contribution is 1.01. The highest BCUT2D eigenvalue weighted by Gasteiger charge is 2.25. The van der Waals surface area contributed by atoms with Crippen molar-refractivity contribution in [3.8, 4) is 33.9 Å². The number of fused-ring (bicyclic) bond motifs is 1. The van der Waals surface area contributed by atoms with Gasteiger partial charge in [0.2, 0.25) is 5.95 Å². The first kappa shape index (κ1) is 38.1. The number of rotatable bonds is 9. The Bertz CT molecular complexity index is 2890. The molecule has 0 fully saturated rings. The molecule has 0 radical (unpaired) electrons. The molecular formula is C54H46N6. The van der Waals surface area contributed by atoms with E-state index in [4.69, 9.17) is 19.9 Å². The molecule has 0 unspecified atom stereocenters. The van der Waals surface area contributed by atoms with Crippen molar-refractivity contribution in [2.75, 3.05) is 9.80 Å². The predicted octanol–water partition coefficient (Wildman–Crippen LogP) is 14.2. The Balaban J connectivity index is 1.27. The maximum absolute atomic E-state index is 5.30. The van der Waals surface area contributed by atoms with Gasteiger partial charge in [0, 0.05) is 23.0 Å². The first-order valence-electron chi connectivity index (χ1n) is 20.4. The van der Waals surface area contributed by atoms with Gasteiger partial charge < -0.3 is 4.90 Å². The fourth-order valence-corrected chi connectivity index (χ4v) is 8.59. The van der Waals surface area contributed by atoms with Crippen LogP contribution in [0.15, 0.2) is 170 Å². The summed E-state index contributed by atoms with van der Waals surface area (Å²) in [6.45, 7) is 13.2. The maximum Gasteiger partial charge on any atom is 0.239 e. The molecule has 0 saturated carbocycles. The number of aromatic nitrogens is 4. The average Bonchev–Trinajstić information content (AvgIpc) is 3.26. The van der Waals surface area contributed by atoms with Crippen molar-refractivity contribution in [2.24, 2.45) is 0 Å². The van der Waals surface area contributed by atoms with Gasteiger partial charge in [0.05, 0.1) is 17.1 Å². The van der Waals surface area contributed by atoms with Crippen LogP contribution in [0, 0.1) is 41.5 Å². The third-order valence-corrected chi connectivity index (χ3v) is 11.1. The summed E-state index contributed by atoms with van der Waals surface area (Å²) in [5, 5.41) is 2.19. The summed E-state index contributed by atoms with van der Waals surface area (Å²) >= 11 is 0. The van der Waals surface area contributed by atoms with Crippen molar-refractivity contribution in [3.05, 3.63) is 203 Å². The number of hydrogen-bond donors (Lipinski definition) is 0. The SMILES string of the molecule is Cc1cc(C)c(N(c2ccc(N(c3cc(-c4ccccc4)ccn3)c3nc(-c4ccccc4)nc(-c4cccc5ccccc45)n3)cc2)c2c(C)cc(C)cc2C)c(C)c1. The summed E-state index contributed by atoms with van der Waals surface area (Å²) < 4.78 is 0. The average molecular weight is 779 g/mol. The second-order valence-electron chi connectivity index (χ2n) is 15.6. The van der Waals surface area contributed by atoms with Gasteiger partial charge in [-0.1, -0.05) is 139 Å². The Morgan fingerprint density at radius 1 is 0.400 bits per heavy atom. The van der Waals surface area contributed by atoms with E-state index in [0.29, 0.717) is 23.4 Å². The Kier molecular flexibility index (Phi) is 10.2. The van der Waals surface area contributed by atoms with Crippen LogP contribution < -0.4 is 9.80 Å². The topological polar surface area (TPSA) is 58.0 Å². The zero-order valence-electron chi connectivity index (χ0n) is 34.8. The predicted molar refractivity (Wildman–Crippen MR) is 249 cm³/mol. The van der Waals surface area contributed by atoms with E-state index in [1.807, 2.05) is 53.6 Å². The summed E-state index contributed by atoms with van der Waals surface area (Å²) in [5.74, 6) is 2.31. The number of anilines is 6. The molecule has 2 heterocycles. The molecule has 60 heavy (non-hydrogen) atoms. The smallest absolute Gasteiger partial charge is 0.239 e. The monoisotopic (exact) mass is 778 g/mol. The Morgan fingerprint density at radius 3 is 1.53 bits per heavy atom. The van der Waals surface area contributed by atoms with E-state index < -0.39 is 0 Å². The standard InChI is InChI=1S/C54H46N6/c1-35-30-37(3)50(38(4)31-35)60(51-39(5)32-36(2)33-40(51)6)46-26-24-45(25-27-46)59(49-34-44(28-29-55-49)41-16-9-7-10-17-41)54-57-52(43-19-11-8-12-20-43)56-53(58-54)48-23-15-21-42-18-13-14-22-47(42)48/h7-34H,1-6H3. The molecule has 0 atom stereocenters. The van der Waals surface area contributed by atoms with Gasteiger partial charge in [-0.05, 0) is 122 Å². The molecule has 2 aromatic heterocycles. The van der Waals surface area contributed by atoms with Gasteiger partial charge in [0.15, 0.2) is 11.6 Å². The molecule has 0 saturated heterocycles. The van der Waals surface area contributed by atoms with Gasteiger partial charge in [0.1, 0.15) is 5.82 Å². The molecule has 9 rings (SSSR count). The molecule has 0 aliphatic carbocycles. The quantitative estimate of drug-likeness (QED) is 0.145. The van der Waals surface area contributed by atoms with Crippen LogP contribution in [0.5, 0.6) is 0 Å². The molecular weight excluding hydrogens is 733 g/mol. The van der Waals surface area contributed by atoms with Crippen LogP contribution in [0.25, 0.3) is 44.7 Å². The van der Waals surface area contributed by atoms with E-state index in [1.54, 1.807) is 0 Å². The molecule has 9 aromatic rings. The number of nitrogens with zero attached hydrogens (tertiary/aromatic N) is 6. The highest BCUT2D eigenvalue weighted by molar-refractivity contribution is 5.95. The van der Waals surface area contributed by atoms with Crippen LogP contribution in [0.3, 0.4) is 0 Å². The fourth-order valence-electron chi connectivity index (χ4n) is 8.59. The Labute approximate surface area is 352 Å². The summed E-state index contributed by atoms with van der Waals surface area (Å²) in [4.78, 5) is 25.1.